The van der Waals surface area contributed by atoms with Crippen LogP contribution >= 0.6 is 0 Å². The number of carbonyl (C=O) groups excluding carboxylic acids is 2. The summed E-state index contributed by atoms with van der Waals surface area (Å²) in [6.07, 6.45) is 4.20. The van der Waals surface area contributed by atoms with Gasteiger partial charge in [0.1, 0.15) is 5.76 Å². The normalized spacial score (nSPS) is 10.8. The van der Waals surface area contributed by atoms with Gasteiger partial charge in [-0.15, -0.1) is 0 Å². The Morgan fingerprint density at radius 2 is 2.28 bits per heavy atom. The molecule has 1 heterocycles. The Morgan fingerprint density at radius 1 is 1.50 bits per heavy atom. The van der Waals surface area contributed by atoms with Gasteiger partial charge in [0, 0.05) is 12.6 Å². The zero-order chi connectivity index (χ0) is 13.4. The summed E-state index contributed by atoms with van der Waals surface area (Å²) in [5, 5.41) is 2.65. The second-order valence-electron chi connectivity index (χ2n) is 4.15. The molecule has 0 aliphatic carbocycles. The van der Waals surface area contributed by atoms with Gasteiger partial charge in [0.2, 0.25) is 0 Å². The van der Waals surface area contributed by atoms with Crippen molar-refractivity contribution >= 4 is 18.0 Å². The Balaban J connectivity index is 2.23. The summed E-state index contributed by atoms with van der Waals surface area (Å²) in [7, 11) is 0. The van der Waals surface area contributed by atoms with Crippen molar-refractivity contribution in [3.63, 3.8) is 0 Å². The fourth-order valence-corrected chi connectivity index (χ4v) is 1.09. The van der Waals surface area contributed by atoms with Crippen molar-refractivity contribution in [3.8, 4) is 0 Å². The molecule has 0 unspecified atom stereocenters. The van der Waals surface area contributed by atoms with Crippen molar-refractivity contribution < 1.29 is 18.7 Å². The monoisotopic (exact) mass is 251 g/mol. The van der Waals surface area contributed by atoms with Gasteiger partial charge in [-0.25, -0.2) is 4.79 Å². The molecule has 0 fully saturated rings. The first-order valence-electron chi connectivity index (χ1n) is 5.73. The van der Waals surface area contributed by atoms with Crippen molar-refractivity contribution in [1.82, 2.24) is 5.32 Å². The van der Waals surface area contributed by atoms with E-state index in [1.54, 1.807) is 12.1 Å². The molecule has 98 valence electrons. The second-order valence-corrected chi connectivity index (χ2v) is 4.15. The number of esters is 1. The predicted octanol–water partition coefficient (Wildman–Crippen LogP) is 1.61. The summed E-state index contributed by atoms with van der Waals surface area (Å²) in [6.45, 7) is 4.27. The van der Waals surface area contributed by atoms with Crippen LogP contribution in [0.15, 0.2) is 28.9 Å². The number of rotatable bonds is 6. The Hall–Kier alpha value is -2.04. The molecule has 5 heteroatoms. The van der Waals surface area contributed by atoms with E-state index >= 15 is 0 Å². The smallest absolute Gasteiger partial charge is 0.331 e. The average molecular weight is 251 g/mol. The molecule has 1 aromatic rings. The predicted molar refractivity (Wildman–Crippen MR) is 66.5 cm³/mol. The Labute approximate surface area is 106 Å². The van der Waals surface area contributed by atoms with E-state index in [1.807, 2.05) is 13.8 Å². The lowest BCUT2D eigenvalue weighted by Gasteiger charge is -2.07. The summed E-state index contributed by atoms with van der Waals surface area (Å²) in [5.41, 5.74) is 0. The van der Waals surface area contributed by atoms with Gasteiger partial charge in [0.15, 0.2) is 6.61 Å². The first-order valence-corrected chi connectivity index (χ1v) is 5.73. The molecule has 0 saturated carbocycles. The summed E-state index contributed by atoms with van der Waals surface area (Å²) in [6, 6.07) is 3.42. The number of nitrogens with one attached hydrogen (secondary N) is 1. The first kappa shape index (κ1) is 14.0. The molecule has 0 aliphatic heterocycles. The molecule has 1 rings (SSSR count). The van der Waals surface area contributed by atoms with E-state index in [-0.39, 0.29) is 12.5 Å². The minimum absolute atomic E-state index is 0.270. The van der Waals surface area contributed by atoms with Crippen LogP contribution in [-0.4, -0.2) is 25.0 Å². The van der Waals surface area contributed by atoms with Crippen molar-refractivity contribution in [3.05, 3.63) is 30.2 Å². The maximum atomic E-state index is 11.3. The van der Waals surface area contributed by atoms with Crippen molar-refractivity contribution in [2.45, 2.75) is 13.8 Å². The van der Waals surface area contributed by atoms with Crippen molar-refractivity contribution in [2.24, 2.45) is 5.92 Å². The van der Waals surface area contributed by atoms with Crippen LogP contribution in [0.4, 0.5) is 0 Å². The SMILES string of the molecule is CC(C)CNC(=O)COC(=O)/C=C/c1ccco1. The van der Waals surface area contributed by atoms with Crippen molar-refractivity contribution in [1.29, 1.82) is 0 Å². The quantitative estimate of drug-likeness (QED) is 0.616. The van der Waals surface area contributed by atoms with Gasteiger partial charge in [0.05, 0.1) is 6.26 Å². The highest BCUT2D eigenvalue weighted by atomic mass is 16.5. The van der Waals surface area contributed by atoms with Gasteiger partial charge in [-0.2, -0.15) is 0 Å². The van der Waals surface area contributed by atoms with E-state index in [4.69, 9.17) is 9.15 Å². The summed E-state index contributed by atoms with van der Waals surface area (Å²) in [5.74, 6) is 0.0363. The third-order valence-electron chi connectivity index (χ3n) is 1.98. The number of amides is 1. The maximum Gasteiger partial charge on any atom is 0.331 e. The molecule has 0 aromatic carbocycles. The Bertz CT molecular complexity index is 407. The van der Waals surface area contributed by atoms with E-state index in [9.17, 15) is 9.59 Å². The average Bonchev–Trinajstić information content (AvgIpc) is 2.84. The fraction of sp³-hybridized carbons (Fsp3) is 0.385. The summed E-state index contributed by atoms with van der Waals surface area (Å²) >= 11 is 0. The molecular weight excluding hydrogens is 234 g/mol. The highest BCUT2D eigenvalue weighted by Crippen LogP contribution is 2.02. The second kappa shape index (κ2) is 7.32. The van der Waals surface area contributed by atoms with E-state index in [0.29, 0.717) is 18.2 Å². The van der Waals surface area contributed by atoms with Crippen LogP contribution in [0.25, 0.3) is 6.08 Å². The number of carbonyl (C=O) groups is 2. The van der Waals surface area contributed by atoms with Crippen LogP contribution in [0.3, 0.4) is 0 Å². The van der Waals surface area contributed by atoms with Gasteiger partial charge in [0.25, 0.3) is 5.91 Å². The minimum atomic E-state index is -0.578. The van der Waals surface area contributed by atoms with E-state index in [0.717, 1.165) is 0 Å². The van der Waals surface area contributed by atoms with Crippen LogP contribution in [0, 0.1) is 5.92 Å². The molecule has 5 nitrogen and oxygen atoms in total. The molecule has 1 amide bonds. The first-order chi connectivity index (χ1) is 8.58. The summed E-state index contributed by atoms with van der Waals surface area (Å²) in [4.78, 5) is 22.5. The topological polar surface area (TPSA) is 68.5 Å². The molecule has 0 aliphatic rings. The molecule has 1 N–H and O–H groups in total. The van der Waals surface area contributed by atoms with E-state index < -0.39 is 5.97 Å². The zero-order valence-corrected chi connectivity index (χ0v) is 10.5. The number of furan rings is 1. The van der Waals surface area contributed by atoms with Gasteiger partial charge in [-0.05, 0) is 24.1 Å². The number of hydrogen-bond acceptors (Lipinski definition) is 4. The molecular formula is C13H17NO4. The molecule has 0 spiro atoms. The zero-order valence-electron chi connectivity index (χ0n) is 10.5. The van der Waals surface area contributed by atoms with E-state index in [1.165, 1.54) is 18.4 Å². The molecule has 0 radical (unpaired) electrons. The highest BCUT2D eigenvalue weighted by Gasteiger charge is 2.05. The van der Waals surface area contributed by atoms with Gasteiger partial charge in [-0.3, -0.25) is 4.79 Å². The largest absolute Gasteiger partial charge is 0.465 e. The maximum absolute atomic E-state index is 11.3. The van der Waals surface area contributed by atoms with Crippen LogP contribution in [0.5, 0.6) is 0 Å². The van der Waals surface area contributed by atoms with Crippen LogP contribution in [0.2, 0.25) is 0 Å². The number of hydrogen-bond donors (Lipinski definition) is 1. The third-order valence-corrected chi connectivity index (χ3v) is 1.98. The fourth-order valence-electron chi connectivity index (χ4n) is 1.09. The lowest BCUT2D eigenvalue weighted by atomic mass is 10.2. The molecule has 0 saturated heterocycles. The lowest BCUT2D eigenvalue weighted by Crippen LogP contribution is -2.31. The highest BCUT2D eigenvalue weighted by molar-refractivity contribution is 5.88. The Kier molecular flexibility index (Phi) is 5.70. The standard InChI is InChI=1S/C13H17NO4/c1-10(2)8-14-12(15)9-18-13(16)6-5-11-4-3-7-17-11/h3-7,10H,8-9H2,1-2H3,(H,14,15)/b6-5+. The van der Waals surface area contributed by atoms with Crippen LogP contribution in [0.1, 0.15) is 19.6 Å². The molecule has 1 aromatic heterocycles. The molecule has 0 bridgehead atoms. The van der Waals surface area contributed by atoms with Crippen LogP contribution in [-0.2, 0) is 14.3 Å². The van der Waals surface area contributed by atoms with E-state index in [2.05, 4.69) is 5.32 Å². The number of ether oxygens (including phenoxy) is 1. The molecule has 18 heavy (non-hydrogen) atoms. The third kappa shape index (κ3) is 5.89. The van der Waals surface area contributed by atoms with Gasteiger partial charge >= 0.3 is 5.97 Å². The van der Waals surface area contributed by atoms with Crippen LogP contribution < -0.4 is 5.32 Å². The van der Waals surface area contributed by atoms with Gasteiger partial charge in [-0.1, -0.05) is 13.8 Å². The minimum Gasteiger partial charge on any atom is -0.465 e. The molecule has 0 atom stereocenters. The Morgan fingerprint density at radius 3 is 2.89 bits per heavy atom. The lowest BCUT2D eigenvalue weighted by molar-refractivity contribution is -0.143. The summed E-state index contributed by atoms with van der Waals surface area (Å²) < 4.78 is 9.76. The van der Waals surface area contributed by atoms with Gasteiger partial charge < -0.3 is 14.5 Å². The van der Waals surface area contributed by atoms with Crippen molar-refractivity contribution in [2.75, 3.05) is 13.2 Å².